The highest BCUT2D eigenvalue weighted by Gasteiger charge is 2.20. The molecule has 0 aliphatic heterocycles. The molecule has 3 rings (SSSR count). The maximum absolute atomic E-state index is 13.3. The molecule has 0 amide bonds. The van der Waals surface area contributed by atoms with Crippen molar-refractivity contribution >= 4 is 11.9 Å². The average Bonchev–Trinajstić information content (AvgIpc) is 2.59. The first-order valence-corrected chi connectivity index (χ1v) is 8.39. The van der Waals surface area contributed by atoms with E-state index < -0.39 is 23.6 Å². The smallest absolute Gasteiger partial charge is 0.344 e. The highest BCUT2D eigenvalue weighted by atomic mass is 19.1. The van der Waals surface area contributed by atoms with Crippen LogP contribution in [0.15, 0.2) is 60.7 Å². The van der Waals surface area contributed by atoms with Crippen molar-refractivity contribution in [2.24, 2.45) is 0 Å². The first-order valence-electron chi connectivity index (χ1n) is 8.39. The zero-order valence-electron chi connectivity index (χ0n) is 15.2. The molecule has 142 valence electrons. The van der Waals surface area contributed by atoms with Gasteiger partial charge in [-0.25, -0.2) is 18.4 Å². The van der Waals surface area contributed by atoms with Crippen LogP contribution in [-0.4, -0.2) is 11.9 Å². The maximum Gasteiger partial charge on any atom is 0.344 e. The highest BCUT2D eigenvalue weighted by molar-refractivity contribution is 6.04. The molecule has 4 nitrogen and oxygen atoms in total. The lowest BCUT2D eigenvalue weighted by Gasteiger charge is -2.10. The molecule has 0 fully saturated rings. The second kappa shape index (κ2) is 8.00. The number of rotatable bonds is 4. The molecule has 6 heteroatoms. The lowest BCUT2D eigenvalue weighted by molar-refractivity contribution is 0.0691. The number of hydrogen-bond donors (Lipinski definition) is 0. The van der Waals surface area contributed by atoms with Gasteiger partial charge in [0.05, 0.1) is 11.1 Å². The molecule has 0 unspecified atom stereocenters. The molecular weight excluding hydrogens is 366 g/mol. The first-order chi connectivity index (χ1) is 13.3. The van der Waals surface area contributed by atoms with Crippen LogP contribution in [0.25, 0.3) is 0 Å². The minimum Gasteiger partial charge on any atom is -0.423 e. The standard InChI is InChI=1S/C22H16F2O4/c1-13-7-14(2)9-17(8-13)27-21(25)19-5-3-4-6-20(19)22(26)28-18-11-15(23)10-16(24)12-18/h3-12H,1-2H3. The summed E-state index contributed by atoms with van der Waals surface area (Å²) in [6.07, 6.45) is 0. The second-order valence-corrected chi connectivity index (χ2v) is 6.25. The normalized spacial score (nSPS) is 10.4. The fourth-order valence-corrected chi connectivity index (χ4v) is 2.74. The minimum atomic E-state index is -0.932. The van der Waals surface area contributed by atoms with Crippen molar-refractivity contribution in [3.05, 3.63) is 94.6 Å². The Morgan fingerprint density at radius 2 is 1.11 bits per heavy atom. The largest absolute Gasteiger partial charge is 0.423 e. The molecule has 0 saturated carbocycles. The van der Waals surface area contributed by atoms with Gasteiger partial charge in [-0.15, -0.1) is 0 Å². The van der Waals surface area contributed by atoms with Gasteiger partial charge in [0.15, 0.2) is 0 Å². The fourth-order valence-electron chi connectivity index (χ4n) is 2.74. The third kappa shape index (κ3) is 4.59. The van der Waals surface area contributed by atoms with Crippen LogP contribution in [0.4, 0.5) is 8.78 Å². The Kier molecular flexibility index (Phi) is 5.49. The summed E-state index contributed by atoms with van der Waals surface area (Å²) in [7, 11) is 0. The molecule has 0 aliphatic carbocycles. The van der Waals surface area contributed by atoms with Gasteiger partial charge in [-0.2, -0.15) is 0 Å². The molecule has 28 heavy (non-hydrogen) atoms. The Balaban J connectivity index is 1.85. The Bertz CT molecular complexity index is 935. The van der Waals surface area contributed by atoms with E-state index in [-0.39, 0.29) is 16.9 Å². The Hall–Kier alpha value is -3.54. The molecule has 3 aromatic carbocycles. The third-order valence-corrected chi connectivity index (χ3v) is 3.82. The van der Waals surface area contributed by atoms with E-state index in [0.29, 0.717) is 11.8 Å². The van der Waals surface area contributed by atoms with Gasteiger partial charge in [-0.1, -0.05) is 18.2 Å². The SMILES string of the molecule is Cc1cc(C)cc(OC(=O)c2ccccc2C(=O)Oc2cc(F)cc(F)c2)c1. The van der Waals surface area contributed by atoms with E-state index in [1.165, 1.54) is 18.2 Å². The van der Waals surface area contributed by atoms with Gasteiger partial charge in [0.2, 0.25) is 0 Å². The number of hydrogen-bond acceptors (Lipinski definition) is 4. The van der Waals surface area contributed by atoms with Crippen LogP contribution in [-0.2, 0) is 0 Å². The lowest BCUT2D eigenvalue weighted by Crippen LogP contribution is -2.17. The van der Waals surface area contributed by atoms with Crippen LogP contribution >= 0.6 is 0 Å². The average molecular weight is 382 g/mol. The number of ether oxygens (including phenoxy) is 2. The summed E-state index contributed by atoms with van der Waals surface area (Å²) in [5.41, 5.74) is 1.73. The number of esters is 2. The maximum atomic E-state index is 13.3. The molecule has 0 saturated heterocycles. The predicted octanol–water partition coefficient (Wildman–Crippen LogP) is 5.02. The summed E-state index contributed by atoms with van der Waals surface area (Å²) in [5, 5.41) is 0. The fraction of sp³-hybridized carbons (Fsp3) is 0.0909. The van der Waals surface area contributed by atoms with Crippen LogP contribution in [0.3, 0.4) is 0 Å². The van der Waals surface area contributed by atoms with E-state index in [1.807, 2.05) is 19.9 Å². The summed E-state index contributed by atoms with van der Waals surface area (Å²) in [5.74, 6) is -3.41. The lowest BCUT2D eigenvalue weighted by atomic mass is 10.1. The zero-order valence-corrected chi connectivity index (χ0v) is 15.2. The number of halogens is 2. The first kappa shape index (κ1) is 19.2. The minimum absolute atomic E-state index is 0.0245. The molecule has 0 aliphatic rings. The Morgan fingerprint density at radius 1 is 0.679 bits per heavy atom. The van der Waals surface area contributed by atoms with Crippen molar-refractivity contribution in [3.8, 4) is 11.5 Å². The topological polar surface area (TPSA) is 52.6 Å². The summed E-state index contributed by atoms with van der Waals surface area (Å²) < 4.78 is 37.0. The molecule has 0 heterocycles. The van der Waals surface area contributed by atoms with Gasteiger partial charge in [-0.05, 0) is 49.2 Å². The third-order valence-electron chi connectivity index (χ3n) is 3.82. The van der Waals surface area contributed by atoms with Crippen molar-refractivity contribution in [1.82, 2.24) is 0 Å². The number of carbonyl (C=O) groups excluding carboxylic acids is 2. The van der Waals surface area contributed by atoms with Gasteiger partial charge in [0, 0.05) is 18.2 Å². The van der Waals surface area contributed by atoms with E-state index in [2.05, 4.69) is 0 Å². The quantitative estimate of drug-likeness (QED) is 0.470. The van der Waals surface area contributed by atoms with E-state index in [1.54, 1.807) is 18.2 Å². The van der Waals surface area contributed by atoms with Crippen LogP contribution in [0.1, 0.15) is 31.8 Å². The Morgan fingerprint density at radius 3 is 1.57 bits per heavy atom. The summed E-state index contributed by atoms with van der Waals surface area (Å²) in [4.78, 5) is 25.0. The number of aryl methyl sites for hydroxylation is 2. The van der Waals surface area contributed by atoms with Crippen molar-refractivity contribution in [1.29, 1.82) is 0 Å². The molecule has 0 radical (unpaired) electrons. The highest BCUT2D eigenvalue weighted by Crippen LogP contribution is 2.21. The number of benzene rings is 3. The molecular formula is C22H16F2O4. The van der Waals surface area contributed by atoms with Crippen LogP contribution < -0.4 is 9.47 Å². The molecule has 0 atom stereocenters. The van der Waals surface area contributed by atoms with Gasteiger partial charge in [-0.3, -0.25) is 0 Å². The van der Waals surface area contributed by atoms with Crippen molar-refractivity contribution < 1.29 is 27.8 Å². The van der Waals surface area contributed by atoms with E-state index in [4.69, 9.17) is 9.47 Å². The van der Waals surface area contributed by atoms with Gasteiger partial charge < -0.3 is 9.47 Å². The zero-order chi connectivity index (χ0) is 20.3. The van der Waals surface area contributed by atoms with E-state index in [9.17, 15) is 18.4 Å². The predicted molar refractivity (Wildman–Crippen MR) is 98.6 cm³/mol. The monoisotopic (exact) mass is 382 g/mol. The summed E-state index contributed by atoms with van der Waals surface area (Å²) in [6, 6.07) is 13.6. The molecule has 0 N–H and O–H groups in total. The van der Waals surface area contributed by atoms with Crippen molar-refractivity contribution in [3.63, 3.8) is 0 Å². The van der Waals surface area contributed by atoms with Crippen molar-refractivity contribution in [2.45, 2.75) is 13.8 Å². The van der Waals surface area contributed by atoms with Crippen molar-refractivity contribution in [2.75, 3.05) is 0 Å². The molecule has 3 aromatic rings. The van der Waals surface area contributed by atoms with E-state index in [0.717, 1.165) is 23.3 Å². The van der Waals surface area contributed by atoms with Gasteiger partial charge in [0.25, 0.3) is 0 Å². The van der Waals surface area contributed by atoms with Crippen LogP contribution in [0.5, 0.6) is 11.5 Å². The van der Waals surface area contributed by atoms with Crippen LogP contribution in [0.2, 0.25) is 0 Å². The Labute approximate surface area is 160 Å². The summed E-state index contributed by atoms with van der Waals surface area (Å²) in [6.45, 7) is 3.74. The van der Waals surface area contributed by atoms with Crippen LogP contribution in [0, 0.1) is 25.5 Å². The van der Waals surface area contributed by atoms with Gasteiger partial charge >= 0.3 is 11.9 Å². The number of carbonyl (C=O) groups is 2. The van der Waals surface area contributed by atoms with Gasteiger partial charge in [0.1, 0.15) is 23.1 Å². The molecule has 0 spiro atoms. The second-order valence-electron chi connectivity index (χ2n) is 6.25. The summed E-state index contributed by atoms with van der Waals surface area (Å²) >= 11 is 0. The van der Waals surface area contributed by atoms with E-state index >= 15 is 0 Å². The molecule has 0 aromatic heterocycles. The molecule has 0 bridgehead atoms.